The number of benzene rings is 2. The average Bonchev–Trinajstić information content (AvgIpc) is 2.88. The van der Waals surface area contributed by atoms with Crippen LogP contribution in [0.5, 0.6) is 0 Å². The molecule has 2 aromatic carbocycles. The van der Waals surface area contributed by atoms with Crippen molar-refractivity contribution < 1.29 is 23.9 Å². The van der Waals surface area contributed by atoms with Crippen LogP contribution in [0.25, 0.3) is 11.1 Å². The van der Waals surface area contributed by atoms with Crippen LogP contribution in [-0.4, -0.2) is 50.8 Å². The highest BCUT2D eigenvalue weighted by molar-refractivity contribution is 5.93. The normalized spacial score (nSPS) is 8.94. The van der Waals surface area contributed by atoms with Crippen LogP contribution < -0.4 is 16.0 Å². The molecular weight excluding hydrogens is 448 g/mol. The van der Waals surface area contributed by atoms with E-state index in [2.05, 4.69) is 28.5 Å². The summed E-state index contributed by atoms with van der Waals surface area (Å²) in [6.45, 7) is 13.6. The first-order valence-corrected chi connectivity index (χ1v) is 10.8. The quantitative estimate of drug-likeness (QED) is 0.192. The van der Waals surface area contributed by atoms with Gasteiger partial charge in [0.05, 0.1) is 19.5 Å². The molecule has 2 aromatic rings. The van der Waals surface area contributed by atoms with Crippen LogP contribution in [-0.2, 0) is 19.1 Å². The summed E-state index contributed by atoms with van der Waals surface area (Å²) in [4.78, 5) is 43.9. The van der Waals surface area contributed by atoms with Crippen molar-refractivity contribution in [3.63, 3.8) is 0 Å². The van der Waals surface area contributed by atoms with Gasteiger partial charge in [0.1, 0.15) is 5.70 Å². The van der Waals surface area contributed by atoms with Crippen molar-refractivity contribution in [2.45, 2.75) is 20.8 Å². The first-order chi connectivity index (χ1) is 16.8. The molecular formula is C26H34N4O5. The molecule has 2 rings (SSSR count). The summed E-state index contributed by atoms with van der Waals surface area (Å²) in [5.41, 5.74) is 4.83. The molecule has 0 aromatic heterocycles. The van der Waals surface area contributed by atoms with Gasteiger partial charge in [0.15, 0.2) is 6.29 Å². The lowest BCUT2D eigenvalue weighted by molar-refractivity contribution is -0.137. The average molecular weight is 483 g/mol. The zero-order valence-corrected chi connectivity index (χ0v) is 20.9. The Bertz CT molecular complexity index is 1000. The third-order valence-electron chi connectivity index (χ3n) is 4.45. The maximum Gasteiger partial charge on any atom is 0.353 e. The van der Waals surface area contributed by atoms with E-state index < -0.39 is 5.97 Å². The molecule has 35 heavy (non-hydrogen) atoms. The SMILES string of the molecule is C=C(C)N(C)CNc1c(C=O)cccc1-c1ccc(NC=O)cc1.C=C(NC=O)C(=O)OC.CC. The number of carbonyl (C=O) groups excluding carboxylic acids is 4. The summed E-state index contributed by atoms with van der Waals surface area (Å²) in [7, 11) is 3.14. The van der Waals surface area contributed by atoms with Crippen LogP contribution in [0.3, 0.4) is 0 Å². The number of nitrogens with zero attached hydrogens (tertiary/aromatic N) is 1. The minimum absolute atomic E-state index is 0.0625. The minimum atomic E-state index is -0.637. The second kappa shape index (κ2) is 17.1. The number of carbonyl (C=O) groups is 4. The number of allylic oxidation sites excluding steroid dienone is 1. The summed E-state index contributed by atoms with van der Waals surface area (Å²) in [5, 5.41) is 7.97. The van der Waals surface area contributed by atoms with Crippen molar-refractivity contribution in [3.05, 3.63) is 72.6 Å². The Hall–Kier alpha value is -4.40. The maximum absolute atomic E-state index is 11.4. The molecule has 3 N–H and O–H groups in total. The number of methoxy groups -OCH3 is 1. The summed E-state index contributed by atoms with van der Waals surface area (Å²) in [6, 6.07) is 13.0. The molecule has 0 fully saturated rings. The van der Waals surface area contributed by atoms with Gasteiger partial charge in [0.2, 0.25) is 12.8 Å². The van der Waals surface area contributed by atoms with Gasteiger partial charge in [-0.3, -0.25) is 14.4 Å². The molecule has 0 spiro atoms. The fourth-order valence-corrected chi connectivity index (χ4v) is 2.51. The van der Waals surface area contributed by atoms with Gasteiger partial charge in [0, 0.05) is 29.6 Å². The van der Waals surface area contributed by atoms with E-state index in [-0.39, 0.29) is 5.70 Å². The lowest BCUT2D eigenvalue weighted by atomic mass is 10.00. The molecule has 0 saturated heterocycles. The molecule has 0 aliphatic rings. The van der Waals surface area contributed by atoms with Gasteiger partial charge in [-0.25, -0.2) is 4.79 Å². The minimum Gasteiger partial charge on any atom is -0.464 e. The molecule has 0 saturated carbocycles. The van der Waals surface area contributed by atoms with Gasteiger partial charge >= 0.3 is 5.97 Å². The van der Waals surface area contributed by atoms with Gasteiger partial charge < -0.3 is 25.6 Å². The van der Waals surface area contributed by atoms with Crippen molar-refractivity contribution in [1.29, 1.82) is 0 Å². The van der Waals surface area contributed by atoms with E-state index in [9.17, 15) is 19.2 Å². The zero-order chi connectivity index (χ0) is 26.8. The Morgan fingerprint density at radius 2 is 1.66 bits per heavy atom. The third kappa shape index (κ3) is 10.4. The topological polar surface area (TPSA) is 117 Å². The monoisotopic (exact) mass is 482 g/mol. The summed E-state index contributed by atoms with van der Waals surface area (Å²) in [5.74, 6) is -0.637. The third-order valence-corrected chi connectivity index (χ3v) is 4.45. The van der Waals surface area contributed by atoms with E-state index >= 15 is 0 Å². The largest absolute Gasteiger partial charge is 0.464 e. The smallest absolute Gasteiger partial charge is 0.353 e. The number of para-hydroxylation sites is 1. The van der Waals surface area contributed by atoms with E-state index in [4.69, 9.17) is 0 Å². The number of esters is 1. The second-order valence-corrected chi connectivity index (χ2v) is 6.73. The van der Waals surface area contributed by atoms with E-state index in [0.29, 0.717) is 25.1 Å². The lowest BCUT2D eigenvalue weighted by Crippen LogP contribution is -2.23. The maximum atomic E-state index is 11.4. The van der Waals surface area contributed by atoms with Crippen molar-refractivity contribution >= 4 is 36.5 Å². The van der Waals surface area contributed by atoms with Crippen LogP contribution in [0.15, 0.2) is 67.0 Å². The van der Waals surface area contributed by atoms with E-state index in [0.717, 1.165) is 34.5 Å². The molecule has 188 valence electrons. The number of amides is 2. The van der Waals surface area contributed by atoms with E-state index in [1.54, 1.807) is 6.07 Å². The molecule has 0 aliphatic heterocycles. The summed E-state index contributed by atoms with van der Waals surface area (Å²) < 4.78 is 4.20. The fraction of sp³-hybridized carbons (Fsp3) is 0.231. The van der Waals surface area contributed by atoms with Crippen LogP contribution in [0.4, 0.5) is 11.4 Å². The number of hydrogen-bond acceptors (Lipinski definition) is 7. The van der Waals surface area contributed by atoms with Crippen molar-refractivity contribution in [2.75, 3.05) is 31.5 Å². The van der Waals surface area contributed by atoms with Crippen molar-refractivity contribution in [3.8, 4) is 11.1 Å². The van der Waals surface area contributed by atoms with Crippen LogP contribution in [0.1, 0.15) is 31.1 Å². The van der Waals surface area contributed by atoms with E-state index in [1.807, 2.05) is 74.4 Å². The number of rotatable bonds is 11. The van der Waals surface area contributed by atoms with Crippen LogP contribution >= 0.6 is 0 Å². The molecule has 0 heterocycles. The zero-order valence-electron chi connectivity index (χ0n) is 20.9. The molecule has 9 heteroatoms. The fourth-order valence-electron chi connectivity index (χ4n) is 2.51. The summed E-state index contributed by atoms with van der Waals surface area (Å²) in [6.07, 6.45) is 1.84. The van der Waals surface area contributed by atoms with Gasteiger partial charge in [-0.2, -0.15) is 0 Å². The molecule has 0 atom stereocenters. The van der Waals surface area contributed by atoms with Crippen molar-refractivity contribution in [2.24, 2.45) is 0 Å². The van der Waals surface area contributed by atoms with Gasteiger partial charge in [-0.1, -0.05) is 51.3 Å². The molecule has 0 radical (unpaired) electrons. The highest BCUT2D eigenvalue weighted by atomic mass is 16.5. The number of anilines is 2. The Morgan fingerprint density at radius 1 is 1.03 bits per heavy atom. The summed E-state index contributed by atoms with van der Waals surface area (Å²) >= 11 is 0. The van der Waals surface area contributed by atoms with Crippen molar-refractivity contribution in [1.82, 2.24) is 10.2 Å². The Balaban J connectivity index is 0.000000888. The lowest BCUT2D eigenvalue weighted by Gasteiger charge is -2.22. The molecule has 9 nitrogen and oxygen atoms in total. The predicted octanol–water partition coefficient (Wildman–Crippen LogP) is 4.01. The molecule has 0 bridgehead atoms. The number of hydrogen-bond donors (Lipinski definition) is 3. The molecule has 0 aliphatic carbocycles. The second-order valence-electron chi connectivity index (χ2n) is 6.73. The Kier molecular flexibility index (Phi) is 15.0. The van der Waals surface area contributed by atoms with E-state index in [1.165, 1.54) is 7.11 Å². The van der Waals surface area contributed by atoms with Crippen LogP contribution in [0, 0.1) is 0 Å². The molecule has 2 amide bonds. The van der Waals surface area contributed by atoms with Crippen LogP contribution in [0.2, 0.25) is 0 Å². The first kappa shape index (κ1) is 30.6. The standard InChI is InChI=1S/C19H21N3O2.C5H7NO3.C2H6/c1-14(2)22(3)12-20-19-16(11-23)5-4-6-18(19)15-7-9-17(10-8-15)21-13-24;1-4(6-3-7)5(8)9-2;1-2/h4-11,13,20H,1,12H2,2-3H3,(H,21,24);3H,1H2,2H3,(H,6,7);1-2H3. The highest BCUT2D eigenvalue weighted by Crippen LogP contribution is 2.31. The molecule has 0 unspecified atom stereocenters. The van der Waals surface area contributed by atoms with Gasteiger partial charge in [-0.05, 0) is 30.7 Å². The Labute approximate surface area is 206 Å². The van der Waals surface area contributed by atoms with Gasteiger partial charge in [-0.15, -0.1) is 0 Å². The Morgan fingerprint density at radius 3 is 2.14 bits per heavy atom. The first-order valence-electron chi connectivity index (χ1n) is 10.8. The predicted molar refractivity (Wildman–Crippen MR) is 140 cm³/mol. The van der Waals surface area contributed by atoms with Gasteiger partial charge in [0.25, 0.3) is 0 Å². The number of nitrogens with one attached hydrogen (secondary N) is 3. The number of aldehydes is 1. The number of ether oxygens (including phenoxy) is 1. The highest BCUT2D eigenvalue weighted by Gasteiger charge is 2.10.